The summed E-state index contributed by atoms with van der Waals surface area (Å²) in [4.78, 5) is 11.8. The Morgan fingerprint density at radius 3 is 2.39 bits per heavy atom. The molecule has 0 amide bonds. The Labute approximate surface area is 192 Å². The Morgan fingerprint density at radius 1 is 1.03 bits per heavy atom. The van der Waals surface area contributed by atoms with Crippen LogP contribution in [0.3, 0.4) is 0 Å². The molecule has 1 aliphatic rings. The Morgan fingerprint density at radius 2 is 1.79 bits per heavy atom. The maximum absolute atomic E-state index is 11.8. The van der Waals surface area contributed by atoms with E-state index in [1.807, 2.05) is 12.1 Å². The van der Waals surface area contributed by atoms with Crippen LogP contribution in [0.2, 0.25) is 0 Å². The molecular formula is C24H30O9. The van der Waals surface area contributed by atoms with Gasteiger partial charge in [0, 0.05) is 12.2 Å². The van der Waals surface area contributed by atoms with Crippen LogP contribution < -0.4 is 18.9 Å². The number of carbonyl (C=O) groups is 1. The van der Waals surface area contributed by atoms with Gasteiger partial charge in [0.2, 0.25) is 6.10 Å². The van der Waals surface area contributed by atoms with Gasteiger partial charge in [0.25, 0.3) is 0 Å². The summed E-state index contributed by atoms with van der Waals surface area (Å²) in [6, 6.07) is 8.93. The van der Waals surface area contributed by atoms with E-state index in [-0.39, 0.29) is 24.9 Å². The number of benzene rings is 2. The molecule has 0 spiro atoms. The lowest BCUT2D eigenvalue weighted by atomic mass is 9.90. The van der Waals surface area contributed by atoms with Crippen LogP contribution in [0, 0.1) is 0 Å². The molecule has 0 fully saturated rings. The van der Waals surface area contributed by atoms with Crippen LogP contribution in [0.5, 0.6) is 23.0 Å². The number of esters is 1. The zero-order valence-corrected chi connectivity index (χ0v) is 18.9. The fraction of sp³-hybridized carbons (Fsp3) is 0.458. The average molecular weight is 462 g/mol. The molecule has 9 heteroatoms. The van der Waals surface area contributed by atoms with Crippen molar-refractivity contribution in [2.75, 3.05) is 41.2 Å². The minimum atomic E-state index is -1.19. The standard InChI is InChI=1S/C24H30O9/c1-29-19-11-15(6-7-18(19)32-21(13-27)24(28)31-3)22-17(12-26)16-9-14(5-4-8-25)10-20(30-2)23(16)33-22/h6-7,9-11,17,21-22,25-27H,4-5,8,12-13H2,1-3H3/t17-,21+,22+/m1/s1. The van der Waals surface area contributed by atoms with E-state index in [4.69, 9.17) is 24.1 Å². The predicted molar refractivity (Wildman–Crippen MR) is 118 cm³/mol. The van der Waals surface area contributed by atoms with E-state index in [0.29, 0.717) is 30.1 Å². The number of aliphatic hydroxyl groups excluding tert-OH is 3. The highest BCUT2D eigenvalue weighted by Gasteiger charge is 2.38. The lowest BCUT2D eigenvalue weighted by Gasteiger charge is -2.21. The highest BCUT2D eigenvalue weighted by atomic mass is 16.6. The number of rotatable bonds is 11. The quantitative estimate of drug-likeness (QED) is 0.429. The Kier molecular flexibility index (Phi) is 8.37. The van der Waals surface area contributed by atoms with Gasteiger partial charge >= 0.3 is 5.97 Å². The fourth-order valence-electron chi connectivity index (χ4n) is 3.93. The lowest BCUT2D eigenvalue weighted by molar-refractivity contribution is -0.150. The highest BCUT2D eigenvalue weighted by Crippen LogP contribution is 2.51. The molecule has 2 aromatic rings. The predicted octanol–water partition coefficient (Wildman–Crippen LogP) is 1.75. The number of fused-ring (bicyclic) bond motifs is 1. The number of carbonyl (C=O) groups excluding carboxylic acids is 1. The van der Waals surface area contributed by atoms with E-state index in [2.05, 4.69) is 4.74 Å². The molecule has 0 saturated carbocycles. The van der Waals surface area contributed by atoms with E-state index in [1.165, 1.54) is 14.2 Å². The van der Waals surface area contributed by atoms with Crippen molar-refractivity contribution in [3.8, 4) is 23.0 Å². The van der Waals surface area contributed by atoms with Gasteiger partial charge in [0.1, 0.15) is 6.10 Å². The number of aliphatic hydroxyl groups is 3. The van der Waals surface area contributed by atoms with Gasteiger partial charge in [-0.3, -0.25) is 0 Å². The third kappa shape index (κ3) is 5.16. The molecule has 0 aromatic heterocycles. The summed E-state index contributed by atoms with van der Waals surface area (Å²) >= 11 is 0. The maximum Gasteiger partial charge on any atom is 0.349 e. The second-order valence-electron chi connectivity index (χ2n) is 7.59. The van der Waals surface area contributed by atoms with Crippen LogP contribution in [0.4, 0.5) is 0 Å². The van der Waals surface area contributed by atoms with Gasteiger partial charge in [-0.05, 0) is 42.2 Å². The Bertz CT molecular complexity index is 959. The molecule has 0 radical (unpaired) electrons. The van der Waals surface area contributed by atoms with Crippen LogP contribution in [-0.4, -0.2) is 68.5 Å². The SMILES string of the molecule is COC(=O)[C@H](CO)Oc1ccc([C@@H]2Oc3c(OC)cc(CCCO)cc3[C@H]2CO)cc1OC. The molecule has 33 heavy (non-hydrogen) atoms. The van der Waals surface area contributed by atoms with Crippen LogP contribution in [0.1, 0.15) is 35.1 Å². The fourth-order valence-corrected chi connectivity index (χ4v) is 3.93. The minimum absolute atomic E-state index is 0.0866. The van der Waals surface area contributed by atoms with Crippen molar-refractivity contribution in [1.29, 1.82) is 0 Å². The van der Waals surface area contributed by atoms with Crippen molar-refractivity contribution in [3.63, 3.8) is 0 Å². The van der Waals surface area contributed by atoms with Crippen LogP contribution in [0.25, 0.3) is 0 Å². The number of hydrogen-bond acceptors (Lipinski definition) is 9. The molecule has 2 aromatic carbocycles. The van der Waals surface area contributed by atoms with Crippen LogP contribution >= 0.6 is 0 Å². The van der Waals surface area contributed by atoms with E-state index < -0.39 is 24.8 Å². The minimum Gasteiger partial charge on any atom is -0.493 e. The van der Waals surface area contributed by atoms with Crippen molar-refractivity contribution in [1.82, 2.24) is 0 Å². The van der Waals surface area contributed by atoms with Gasteiger partial charge in [0.15, 0.2) is 23.0 Å². The smallest absolute Gasteiger partial charge is 0.349 e. The Hall–Kier alpha value is -3.01. The topological polar surface area (TPSA) is 124 Å². The van der Waals surface area contributed by atoms with Gasteiger partial charge in [0.05, 0.1) is 40.5 Å². The van der Waals surface area contributed by atoms with Crippen molar-refractivity contribution < 1.29 is 43.8 Å². The van der Waals surface area contributed by atoms with Crippen molar-refractivity contribution in [2.45, 2.75) is 31.0 Å². The van der Waals surface area contributed by atoms with Gasteiger partial charge in [-0.15, -0.1) is 0 Å². The lowest BCUT2D eigenvalue weighted by Crippen LogP contribution is -2.32. The number of aryl methyl sites for hydroxylation is 1. The summed E-state index contributed by atoms with van der Waals surface area (Å²) in [6.45, 7) is -0.618. The highest BCUT2D eigenvalue weighted by molar-refractivity contribution is 5.75. The molecule has 0 aliphatic carbocycles. The largest absolute Gasteiger partial charge is 0.493 e. The first-order valence-corrected chi connectivity index (χ1v) is 10.6. The third-order valence-corrected chi connectivity index (χ3v) is 5.61. The van der Waals surface area contributed by atoms with Crippen molar-refractivity contribution in [3.05, 3.63) is 47.0 Å². The first-order valence-electron chi connectivity index (χ1n) is 10.6. The molecule has 0 unspecified atom stereocenters. The van der Waals surface area contributed by atoms with E-state index in [1.54, 1.807) is 25.3 Å². The zero-order chi connectivity index (χ0) is 24.0. The third-order valence-electron chi connectivity index (χ3n) is 5.61. The molecule has 0 saturated heterocycles. The van der Waals surface area contributed by atoms with E-state index in [0.717, 1.165) is 16.7 Å². The maximum atomic E-state index is 11.8. The number of methoxy groups -OCH3 is 3. The molecule has 3 rings (SSSR count). The van der Waals surface area contributed by atoms with Gasteiger partial charge in [-0.2, -0.15) is 0 Å². The second-order valence-corrected chi connectivity index (χ2v) is 7.59. The zero-order valence-electron chi connectivity index (χ0n) is 18.9. The van der Waals surface area contributed by atoms with Crippen molar-refractivity contribution in [2.24, 2.45) is 0 Å². The monoisotopic (exact) mass is 462 g/mol. The molecular weight excluding hydrogens is 432 g/mol. The number of hydrogen-bond donors (Lipinski definition) is 3. The summed E-state index contributed by atoms with van der Waals surface area (Å²) in [5, 5.41) is 28.8. The second kappa shape index (κ2) is 11.2. The first-order chi connectivity index (χ1) is 16.0. The average Bonchev–Trinajstić information content (AvgIpc) is 3.23. The number of ether oxygens (including phenoxy) is 5. The van der Waals surface area contributed by atoms with E-state index in [9.17, 15) is 15.0 Å². The summed E-state index contributed by atoms with van der Waals surface area (Å²) in [7, 11) is 4.23. The van der Waals surface area contributed by atoms with Gasteiger partial charge < -0.3 is 39.0 Å². The molecule has 1 heterocycles. The normalized spacial score (nSPS) is 17.6. The molecule has 0 bridgehead atoms. The molecule has 3 N–H and O–H groups in total. The van der Waals surface area contributed by atoms with Gasteiger partial charge in [-0.25, -0.2) is 4.79 Å². The van der Waals surface area contributed by atoms with E-state index >= 15 is 0 Å². The summed E-state index contributed by atoms with van der Waals surface area (Å²) < 4.78 is 27.4. The summed E-state index contributed by atoms with van der Waals surface area (Å²) in [6.07, 6.45) is -0.401. The summed E-state index contributed by atoms with van der Waals surface area (Å²) in [5.41, 5.74) is 2.55. The van der Waals surface area contributed by atoms with Crippen LogP contribution in [0.15, 0.2) is 30.3 Å². The molecule has 9 nitrogen and oxygen atoms in total. The van der Waals surface area contributed by atoms with Crippen LogP contribution in [-0.2, 0) is 16.0 Å². The Balaban J connectivity index is 1.93. The first kappa shape index (κ1) is 24.6. The molecule has 180 valence electrons. The van der Waals surface area contributed by atoms with Crippen molar-refractivity contribution >= 4 is 5.97 Å². The summed E-state index contributed by atoms with van der Waals surface area (Å²) in [5.74, 6) is 0.673. The van der Waals surface area contributed by atoms with Gasteiger partial charge in [-0.1, -0.05) is 12.1 Å². The molecule has 3 atom stereocenters. The molecule has 1 aliphatic heterocycles.